The first-order valence-corrected chi connectivity index (χ1v) is 9.48. The van der Waals surface area contributed by atoms with Gasteiger partial charge in [-0.1, -0.05) is 11.6 Å². The molecule has 1 atom stereocenters. The number of halogens is 5. The lowest BCUT2D eigenvalue weighted by Crippen LogP contribution is -2.42. The van der Waals surface area contributed by atoms with Crippen LogP contribution in [-0.2, 0) is 11.0 Å². The number of benzene rings is 1. The molecule has 1 saturated heterocycles. The molecule has 2 aromatic heterocycles. The summed E-state index contributed by atoms with van der Waals surface area (Å²) in [5, 5.41) is 7.30. The molecule has 1 amide bonds. The van der Waals surface area contributed by atoms with Crippen LogP contribution in [0, 0.1) is 12.7 Å². The van der Waals surface area contributed by atoms with Crippen LogP contribution in [0.5, 0.6) is 0 Å². The second-order valence-corrected chi connectivity index (χ2v) is 7.34. The number of piperidine rings is 1. The molecule has 6 nitrogen and oxygen atoms in total. The number of amides is 1. The van der Waals surface area contributed by atoms with Crippen LogP contribution in [0.2, 0.25) is 5.02 Å². The van der Waals surface area contributed by atoms with E-state index in [1.807, 2.05) is 0 Å². The molecule has 0 spiro atoms. The highest BCUT2D eigenvalue weighted by Crippen LogP contribution is 2.38. The van der Waals surface area contributed by atoms with Gasteiger partial charge < -0.3 is 4.90 Å². The quantitative estimate of drug-likeness (QED) is 0.560. The maximum absolute atomic E-state index is 13.1. The average molecular weight is 442 g/mol. The van der Waals surface area contributed by atoms with Crippen molar-refractivity contribution in [3.63, 3.8) is 0 Å². The first-order chi connectivity index (χ1) is 14.2. The molecule has 1 unspecified atom stereocenters. The fourth-order valence-corrected chi connectivity index (χ4v) is 3.74. The molecule has 0 aliphatic carbocycles. The Morgan fingerprint density at radius 2 is 1.87 bits per heavy atom. The van der Waals surface area contributed by atoms with Crippen molar-refractivity contribution in [2.75, 3.05) is 11.4 Å². The lowest BCUT2D eigenvalue weighted by atomic mass is 10.0. The fraction of sp³-hybridized carbons (Fsp3) is 0.316. The minimum Gasteiger partial charge on any atom is -0.308 e. The molecule has 3 heterocycles. The van der Waals surface area contributed by atoms with Gasteiger partial charge in [0.2, 0.25) is 0 Å². The van der Waals surface area contributed by atoms with Gasteiger partial charge in [-0.2, -0.15) is 23.4 Å². The third-order valence-corrected chi connectivity index (χ3v) is 5.48. The van der Waals surface area contributed by atoms with E-state index >= 15 is 0 Å². The van der Waals surface area contributed by atoms with Crippen molar-refractivity contribution in [2.24, 2.45) is 0 Å². The van der Waals surface area contributed by atoms with E-state index in [9.17, 15) is 22.4 Å². The molecule has 4 rings (SSSR count). The zero-order valence-corrected chi connectivity index (χ0v) is 16.5. The molecule has 1 aromatic carbocycles. The molecule has 158 valence electrons. The SMILES string of the molecule is Cc1c(Cl)c(C(F)(F)F)nn1C1CCCN(c2cnn(-c3ccc(F)cc3)c2)C1=O. The van der Waals surface area contributed by atoms with E-state index in [-0.39, 0.29) is 11.5 Å². The van der Waals surface area contributed by atoms with E-state index in [2.05, 4.69) is 10.2 Å². The van der Waals surface area contributed by atoms with Crippen LogP contribution in [0.15, 0.2) is 36.7 Å². The molecule has 0 bridgehead atoms. The minimum absolute atomic E-state index is 0.0891. The molecule has 0 saturated carbocycles. The Balaban J connectivity index is 1.63. The van der Waals surface area contributed by atoms with Gasteiger partial charge in [0, 0.05) is 6.54 Å². The average Bonchev–Trinajstić information content (AvgIpc) is 3.29. The van der Waals surface area contributed by atoms with Gasteiger partial charge >= 0.3 is 6.18 Å². The largest absolute Gasteiger partial charge is 0.436 e. The highest BCUT2D eigenvalue weighted by atomic mass is 35.5. The van der Waals surface area contributed by atoms with E-state index in [1.165, 1.54) is 34.8 Å². The predicted molar refractivity (Wildman–Crippen MR) is 101 cm³/mol. The van der Waals surface area contributed by atoms with Crippen LogP contribution in [0.3, 0.4) is 0 Å². The molecular formula is C19H16ClF4N5O. The Kier molecular flexibility index (Phi) is 5.05. The number of rotatable bonds is 3. The van der Waals surface area contributed by atoms with Gasteiger partial charge in [-0.3, -0.25) is 9.48 Å². The van der Waals surface area contributed by atoms with E-state index in [1.54, 1.807) is 18.3 Å². The summed E-state index contributed by atoms with van der Waals surface area (Å²) in [7, 11) is 0. The summed E-state index contributed by atoms with van der Waals surface area (Å²) >= 11 is 5.83. The van der Waals surface area contributed by atoms with Crippen LogP contribution in [0.4, 0.5) is 23.2 Å². The molecule has 1 aliphatic rings. The zero-order chi connectivity index (χ0) is 21.6. The van der Waals surface area contributed by atoms with Crippen molar-refractivity contribution in [1.29, 1.82) is 0 Å². The second-order valence-electron chi connectivity index (χ2n) is 6.96. The maximum atomic E-state index is 13.1. The van der Waals surface area contributed by atoms with Gasteiger partial charge in [0.05, 0.1) is 34.5 Å². The highest BCUT2D eigenvalue weighted by molar-refractivity contribution is 6.32. The van der Waals surface area contributed by atoms with E-state index in [4.69, 9.17) is 11.6 Å². The number of nitrogens with zero attached hydrogens (tertiary/aromatic N) is 5. The summed E-state index contributed by atoms with van der Waals surface area (Å²) in [4.78, 5) is 14.6. The fourth-order valence-electron chi connectivity index (χ4n) is 3.51. The topological polar surface area (TPSA) is 56.0 Å². The number of hydrogen-bond acceptors (Lipinski definition) is 3. The van der Waals surface area contributed by atoms with Gasteiger partial charge in [-0.15, -0.1) is 0 Å². The monoisotopic (exact) mass is 441 g/mol. The summed E-state index contributed by atoms with van der Waals surface area (Å²) in [5.74, 6) is -0.775. The third kappa shape index (κ3) is 3.55. The minimum atomic E-state index is -4.71. The molecule has 0 radical (unpaired) electrons. The van der Waals surface area contributed by atoms with Gasteiger partial charge in [0.1, 0.15) is 11.9 Å². The summed E-state index contributed by atoms with van der Waals surface area (Å²) in [6.45, 7) is 1.80. The van der Waals surface area contributed by atoms with Gasteiger partial charge in [-0.05, 0) is 44.0 Å². The predicted octanol–water partition coefficient (Wildman–Crippen LogP) is 4.56. The Morgan fingerprint density at radius 3 is 2.50 bits per heavy atom. The number of aromatic nitrogens is 4. The standard InChI is InChI=1S/C19H16ClF4N5O/c1-11-16(20)17(19(22,23)24)26-29(11)15-3-2-8-27(18(15)30)14-9-25-28(10-14)13-6-4-12(21)5-7-13/h4-7,9-10,15H,2-3,8H2,1H3. The summed E-state index contributed by atoms with van der Waals surface area (Å²) < 4.78 is 55.1. The second kappa shape index (κ2) is 7.42. The molecule has 0 N–H and O–H groups in total. The lowest BCUT2D eigenvalue weighted by molar-refractivity contribution is -0.142. The first-order valence-electron chi connectivity index (χ1n) is 9.10. The Morgan fingerprint density at radius 1 is 1.17 bits per heavy atom. The van der Waals surface area contributed by atoms with Crippen molar-refractivity contribution in [3.8, 4) is 5.69 Å². The number of hydrogen-bond donors (Lipinski definition) is 0. The van der Waals surface area contributed by atoms with Gasteiger partial charge in [0.25, 0.3) is 5.91 Å². The Bertz CT molecular complexity index is 1090. The van der Waals surface area contributed by atoms with Crippen molar-refractivity contribution in [1.82, 2.24) is 19.6 Å². The van der Waals surface area contributed by atoms with Crippen LogP contribution in [0.25, 0.3) is 5.69 Å². The maximum Gasteiger partial charge on any atom is 0.436 e. The van der Waals surface area contributed by atoms with Gasteiger partial charge in [-0.25, -0.2) is 9.07 Å². The molecule has 1 aliphatic heterocycles. The molecular weight excluding hydrogens is 426 g/mol. The van der Waals surface area contributed by atoms with Crippen molar-refractivity contribution in [3.05, 3.63) is 58.9 Å². The summed E-state index contributed by atoms with van der Waals surface area (Å²) in [5.41, 5.74) is -0.0175. The lowest BCUT2D eigenvalue weighted by Gasteiger charge is -2.32. The Labute approximate surface area is 173 Å². The highest BCUT2D eigenvalue weighted by Gasteiger charge is 2.41. The van der Waals surface area contributed by atoms with Crippen molar-refractivity contribution < 1.29 is 22.4 Å². The number of anilines is 1. The molecule has 3 aromatic rings. The van der Waals surface area contributed by atoms with Crippen molar-refractivity contribution in [2.45, 2.75) is 32.0 Å². The Hall–Kier alpha value is -2.88. The van der Waals surface area contributed by atoms with Gasteiger partial charge in [0.15, 0.2) is 5.69 Å². The number of carbonyl (C=O) groups is 1. The first kappa shape index (κ1) is 20.4. The van der Waals surface area contributed by atoms with Crippen LogP contribution in [0.1, 0.15) is 30.3 Å². The normalized spacial score (nSPS) is 17.6. The van der Waals surface area contributed by atoms with E-state index in [0.29, 0.717) is 30.8 Å². The number of alkyl halides is 3. The molecule has 30 heavy (non-hydrogen) atoms. The third-order valence-electron chi connectivity index (χ3n) is 5.02. The summed E-state index contributed by atoms with van der Waals surface area (Å²) in [6.07, 6.45) is -0.708. The van der Waals surface area contributed by atoms with Crippen LogP contribution in [-0.4, -0.2) is 32.0 Å². The zero-order valence-electron chi connectivity index (χ0n) is 15.7. The molecule has 1 fully saturated rings. The van der Waals surface area contributed by atoms with Crippen LogP contribution < -0.4 is 4.90 Å². The van der Waals surface area contributed by atoms with E-state index < -0.39 is 28.8 Å². The van der Waals surface area contributed by atoms with Crippen molar-refractivity contribution >= 4 is 23.2 Å². The smallest absolute Gasteiger partial charge is 0.308 e. The summed E-state index contributed by atoms with van der Waals surface area (Å²) in [6, 6.07) is 4.77. The number of carbonyl (C=O) groups excluding carboxylic acids is 1. The molecule has 11 heteroatoms. The van der Waals surface area contributed by atoms with Crippen LogP contribution >= 0.6 is 11.6 Å². The van der Waals surface area contributed by atoms with E-state index in [0.717, 1.165) is 4.68 Å².